The Bertz CT molecular complexity index is 620. The predicted molar refractivity (Wildman–Crippen MR) is 75.4 cm³/mol. The van der Waals surface area contributed by atoms with E-state index in [9.17, 15) is 9.59 Å². The van der Waals surface area contributed by atoms with E-state index >= 15 is 0 Å². The highest BCUT2D eigenvalue weighted by Crippen LogP contribution is 2.39. The topological polar surface area (TPSA) is 80.3 Å². The second kappa shape index (κ2) is 6.38. The number of esters is 1. The Hall–Kier alpha value is -2.70. The summed E-state index contributed by atoms with van der Waals surface area (Å²) in [6.07, 6.45) is 0. The average Bonchev–Trinajstić information content (AvgIpc) is 2.93. The zero-order valence-corrected chi connectivity index (χ0v) is 12.7. The summed E-state index contributed by atoms with van der Waals surface area (Å²) >= 11 is 0. The highest BCUT2D eigenvalue weighted by Gasteiger charge is 2.32. The maximum atomic E-state index is 12.6. The molecule has 1 heterocycles. The van der Waals surface area contributed by atoms with Crippen molar-refractivity contribution in [3.8, 4) is 17.2 Å². The van der Waals surface area contributed by atoms with E-state index in [4.69, 9.17) is 23.7 Å². The van der Waals surface area contributed by atoms with Crippen LogP contribution in [0.5, 0.6) is 17.2 Å². The van der Waals surface area contributed by atoms with Gasteiger partial charge in [-0.3, -0.25) is 4.79 Å². The first-order valence-electron chi connectivity index (χ1n) is 6.36. The van der Waals surface area contributed by atoms with Crippen LogP contribution in [0.4, 0.5) is 0 Å². The molecule has 22 heavy (non-hydrogen) atoms. The Morgan fingerprint density at radius 3 is 2.05 bits per heavy atom. The first-order chi connectivity index (χ1) is 10.6. The van der Waals surface area contributed by atoms with Crippen LogP contribution in [0.25, 0.3) is 0 Å². The van der Waals surface area contributed by atoms with Gasteiger partial charge < -0.3 is 23.7 Å². The van der Waals surface area contributed by atoms with Gasteiger partial charge in [0, 0.05) is 5.56 Å². The Labute approximate surface area is 127 Å². The van der Waals surface area contributed by atoms with E-state index in [1.54, 1.807) is 0 Å². The molecule has 0 saturated carbocycles. The number of rotatable bonds is 6. The standard InChI is InChI=1S/C15H16O7/c1-18-10-5-8(6-11(19-2)14(10)21-4)12(16)9-7-22-15(17)13(9)20-3/h5-6H,7H2,1-4H3. The Morgan fingerprint density at radius 2 is 1.59 bits per heavy atom. The number of cyclic esters (lactones) is 1. The second-order valence-corrected chi connectivity index (χ2v) is 4.33. The fraction of sp³-hybridized carbons (Fsp3) is 0.333. The highest BCUT2D eigenvalue weighted by molar-refractivity contribution is 6.14. The summed E-state index contributed by atoms with van der Waals surface area (Å²) < 4.78 is 25.4. The maximum absolute atomic E-state index is 12.6. The van der Waals surface area contributed by atoms with Gasteiger partial charge in [0.1, 0.15) is 6.61 Å². The largest absolute Gasteiger partial charge is 0.493 e. The first-order valence-corrected chi connectivity index (χ1v) is 6.36. The molecule has 2 rings (SSSR count). The van der Waals surface area contributed by atoms with Crippen LogP contribution in [-0.2, 0) is 14.3 Å². The van der Waals surface area contributed by atoms with Crippen LogP contribution in [0, 0.1) is 0 Å². The summed E-state index contributed by atoms with van der Waals surface area (Å²) in [5.41, 5.74) is 0.430. The summed E-state index contributed by atoms with van der Waals surface area (Å²) in [7, 11) is 5.68. The second-order valence-electron chi connectivity index (χ2n) is 4.33. The van der Waals surface area contributed by atoms with Crippen molar-refractivity contribution in [1.82, 2.24) is 0 Å². The van der Waals surface area contributed by atoms with E-state index in [2.05, 4.69) is 0 Å². The third kappa shape index (κ3) is 2.57. The summed E-state index contributed by atoms with van der Waals surface area (Å²) in [4.78, 5) is 24.0. The number of ether oxygens (including phenoxy) is 5. The third-order valence-electron chi connectivity index (χ3n) is 3.21. The summed E-state index contributed by atoms with van der Waals surface area (Å²) in [6.45, 7) is -0.127. The van der Waals surface area contributed by atoms with Crippen molar-refractivity contribution in [2.24, 2.45) is 0 Å². The van der Waals surface area contributed by atoms with Gasteiger partial charge >= 0.3 is 5.97 Å². The number of carbonyl (C=O) groups excluding carboxylic acids is 2. The molecular formula is C15H16O7. The molecule has 1 aliphatic rings. The number of methoxy groups -OCH3 is 4. The van der Waals surface area contributed by atoms with Gasteiger partial charge in [-0.25, -0.2) is 4.79 Å². The molecule has 0 spiro atoms. The number of benzene rings is 1. The van der Waals surface area contributed by atoms with Gasteiger partial charge in [0.05, 0.1) is 34.0 Å². The van der Waals surface area contributed by atoms with Gasteiger partial charge in [-0.15, -0.1) is 0 Å². The lowest BCUT2D eigenvalue weighted by Gasteiger charge is -2.13. The minimum Gasteiger partial charge on any atom is -0.493 e. The molecule has 0 aromatic heterocycles. The molecule has 0 saturated heterocycles. The van der Waals surface area contributed by atoms with E-state index in [-0.39, 0.29) is 23.5 Å². The zero-order chi connectivity index (χ0) is 16.3. The van der Waals surface area contributed by atoms with Crippen LogP contribution in [0.3, 0.4) is 0 Å². The molecule has 1 aliphatic heterocycles. The van der Waals surface area contributed by atoms with Crippen molar-refractivity contribution in [2.75, 3.05) is 35.0 Å². The number of hydrogen-bond acceptors (Lipinski definition) is 7. The molecule has 0 radical (unpaired) electrons. The van der Waals surface area contributed by atoms with Crippen LogP contribution in [0.2, 0.25) is 0 Å². The number of Topliss-reactive ketones (excluding diaryl/α,β-unsaturated/α-hetero) is 1. The van der Waals surface area contributed by atoms with Crippen LogP contribution < -0.4 is 14.2 Å². The Morgan fingerprint density at radius 1 is 1.00 bits per heavy atom. The normalized spacial score (nSPS) is 13.7. The molecule has 0 unspecified atom stereocenters. The van der Waals surface area contributed by atoms with Gasteiger partial charge in [-0.05, 0) is 12.1 Å². The molecule has 0 N–H and O–H groups in total. The van der Waals surface area contributed by atoms with Crippen molar-refractivity contribution >= 4 is 11.8 Å². The van der Waals surface area contributed by atoms with Gasteiger partial charge in [0.2, 0.25) is 11.5 Å². The molecule has 0 bridgehead atoms. The van der Waals surface area contributed by atoms with E-state index in [0.717, 1.165) is 0 Å². The zero-order valence-electron chi connectivity index (χ0n) is 12.7. The molecule has 7 heteroatoms. The van der Waals surface area contributed by atoms with Crippen molar-refractivity contribution in [3.63, 3.8) is 0 Å². The van der Waals surface area contributed by atoms with E-state index in [0.29, 0.717) is 17.2 Å². The van der Waals surface area contributed by atoms with Gasteiger partial charge in [-0.1, -0.05) is 0 Å². The third-order valence-corrected chi connectivity index (χ3v) is 3.21. The van der Waals surface area contributed by atoms with Crippen LogP contribution in [0.15, 0.2) is 23.5 Å². The van der Waals surface area contributed by atoms with E-state index in [1.165, 1.54) is 40.6 Å². The minimum absolute atomic E-state index is 0.0845. The lowest BCUT2D eigenvalue weighted by Crippen LogP contribution is -2.09. The summed E-state index contributed by atoms with van der Waals surface area (Å²) in [6, 6.07) is 3.01. The molecule has 7 nitrogen and oxygen atoms in total. The molecule has 0 aliphatic carbocycles. The van der Waals surface area contributed by atoms with Crippen LogP contribution in [-0.4, -0.2) is 46.8 Å². The summed E-state index contributed by atoms with van der Waals surface area (Å²) in [5.74, 6) is -0.0785. The van der Waals surface area contributed by atoms with Crippen molar-refractivity contribution in [3.05, 3.63) is 29.0 Å². The molecule has 0 fully saturated rings. The minimum atomic E-state index is -0.654. The molecular weight excluding hydrogens is 292 g/mol. The maximum Gasteiger partial charge on any atom is 0.374 e. The quantitative estimate of drug-likeness (QED) is 0.579. The SMILES string of the molecule is COC1=C(C(=O)c2cc(OC)c(OC)c(OC)c2)COC1=O. The summed E-state index contributed by atoms with van der Waals surface area (Å²) in [5, 5.41) is 0. The monoisotopic (exact) mass is 308 g/mol. The Balaban J connectivity index is 2.51. The van der Waals surface area contributed by atoms with Crippen molar-refractivity contribution < 1.29 is 33.3 Å². The predicted octanol–water partition coefficient (Wildman–Crippen LogP) is 1.35. The lowest BCUT2D eigenvalue weighted by atomic mass is 10.0. The van der Waals surface area contributed by atoms with E-state index < -0.39 is 11.8 Å². The van der Waals surface area contributed by atoms with Crippen LogP contribution >= 0.6 is 0 Å². The van der Waals surface area contributed by atoms with Gasteiger partial charge in [0.15, 0.2) is 17.3 Å². The molecule has 0 amide bonds. The van der Waals surface area contributed by atoms with Crippen LogP contribution in [0.1, 0.15) is 10.4 Å². The lowest BCUT2D eigenvalue weighted by molar-refractivity contribution is -0.138. The van der Waals surface area contributed by atoms with Gasteiger partial charge in [0.25, 0.3) is 0 Å². The molecule has 1 aromatic rings. The number of carbonyl (C=O) groups is 2. The highest BCUT2D eigenvalue weighted by atomic mass is 16.6. The van der Waals surface area contributed by atoms with Gasteiger partial charge in [-0.2, -0.15) is 0 Å². The van der Waals surface area contributed by atoms with E-state index in [1.807, 2.05) is 0 Å². The number of hydrogen-bond donors (Lipinski definition) is 0. The Kier molecular flexibility index (Phi) is 4.55. The number of ketones is 1. The fourth-order valence-corrected chi connectivity index (χ4v) is 2.15. The van der Waals surface area contributed by atoms with Crippen molar-refractivity contribution in [2.45, 2.75) is 0 Å². The van der Waals surface area contributed by atoms with Crippen molar-refractivity contribution in [1.29, 1.82) is 0 Å². The fourth-order valence-electron chi connectivity index (χ4n) is 2.15. The molecule has 1 aromatic carbocycles. The first kappa shape index (κ1) is 15.7. The average molecular weight is 308 g/mol. The molecule has 0 atom stereocenters. The molecule has 118 valence electrons. The smallest absolute Gasteiger partial charge is 0.374 e.